The molecule has 7 heteroatoms. The highest BCUT2D eigenvalue weighted by molar-refractivity contribution is 5.95. The topological polar surface area (TPSA) is 97.8 Å². The lowest BCUT2D eigenvalue weighted by molar-refractivity contribution is 0.0697. The lowest BCUT2D eigenvalue weighted by Crippen LogP contribution is -2.04. The molecule has 0 unspecified atom stereocenters. The molecule has 4 aromatic carbocycles. The Morgan fingerprint density at radius 3 is 2.38 bits per heavy atom. The summed E-state index contributed by atoms with van der Waals surface area (Å²) in [7, 11) is 3.23. The minimum Gasteiger partial charge on any atom is -0.497 e. The van der Waals surface area contributed by atoms with Crippen LogP contribution in [-0.4, -0.2) is 30.3 Å². The van der Waals surface area contributed by atoms with Gasteiger partial charge in [-0.2, -0.15) is 0 Å². The molecule has 37 heavy (non-hydrogen) atoms. The van der Waals surface area contributed by atoms with Gasteiger partial charge in [0.2, 0.25) is 0 Å². The third kappa shape index (κ3) is 4.79. The number of nitrogens with zero attached hydrogens (tertiary/aromatic N) is 1. The molecule has 0 atom stereocenters. The second-order valence-corrected chi connectivity index (χ2v) is 8.54. The first-order valence-electron chi connectivity index (χ1n) is 11.6. The number of hydrogen-bond acceptors (Lipinski definition) is 6. The number of fused-ring (bicyclic) bond motifs is 2. The highest BCUT2D eigenvalue weighted by Gasteiger charge is 2.10. The summed E-state index contributed by atoms with van der Waals surface area (Å²) >= 11 is 0. The number of anilines is 1. The minimum absolute atomic E-state index is 0.128. The number of rotatable bonds is 7. The van der Waals surface area contributed by atoms with Gasteiger partial charge in [-0.25, -0.2) is 4.79 Å². The number of aromatic nitrogens is 1. The quantitative estimate of drug-likeness (QED) is 0.299. The zero-order valence-corrected chi connectivity index (χ0v) is 20.3. The molecular weight excluding hydrogens is 468 g/mol. The summed E-state index contributed by atoms with van der Waals surface area (Å²) in [4.78, 5) is 29.3. The van der Waals surface area contributed by atoms with E-state index in [4.69, 9.17) is 14.6 Å². The summed E-state index contributed by atoms with van der Waals surface area (Å²) in [5, 5.41) is 14.4. The third-order valence-corrected chi connectivity index (χ3v) is 6.32. The van der Waals surface area contributed by atoms with Gasteiger partial charge in [-0.1, -0.05) is 24.3 Å². The van der Waals surface area contributed by atoms with E-state index in [2.05, 4.69) is 10.3 Å². The second kappa shape index (κ2) is 9.99. The summed E-state index contributed by atoms with van der Waals surface area (Å²) in [6.07, 6.45) is 1.69. The summed E-state index contributed by atoms with van der Waals surface area (Å²) in [6, 6.07) is 23.4. The number of carboxylic acid groups (broad SMARTS) is 1. The van der Waals surface area contributed by atoms with E-state index in [0.29, 0.717) is 34.3 Å². The van der Waals surface area contributed by atoms with Crippen LogP contribution in [0.3, 0.4) is 0 Å². The summed E-state index contributed by atoms with van der Waals surface area (Å²) < 4.78 is 10.8. The molecule has 0 bridgehead atoms. The number of ether oxygens (including phenoxy) is 2. The normalized spacial score (nSPS) is 10.9. The first-order valence-corrected chi connectivity index (χ1v) is 11.6. The lowest BCUT2D eigenvalue weighted by atomic mass is 10.0. The van der Waals surface area contributed by atoms with Gasteiger partial charge in [-0.05, 0) is 59.5 Å². The average molecular weight is 493 g/mol. The van der Waals surface area contributed by atoms with Gasteiger partial charge in [0.1, 0.15) is 11.5 Å². The van der Waals surface area contributed by atoms with Crippen LogP contribution in [-0.2, 0) is 6.54 Å². The van der Waals surface area contributed by atoms with Gasteiger partial charge in [-0.3, -0.25) is 9.78 Å². The van der Waals surface area contributed by atoms with Crippen molar-refractivity contribution in [2.75, 3.05) is 19.5 Å². The van der Waals surface area contributed by atoms with E-state index in [1.54, 1.807) is 32.5 Å². The van der Waals surface area contributed by atoms with Gasteiger partial charge in [0.25, 0.3) is 0 Å². The molecular formula is C30H24N2O5. The molecule has 0 aliphatic rings. The van der Waals surface area contributed by atoms with Crippen LogP contribution in [0.4, 0.5) is 5.69 Å². The smallest absolute Gasteiger partial charge is 0.335 e. The number of carboxylic acids is 1. The number of benzene rings is 3. The number of aromatic carboxylic acids is 1. The molecule has 1 heterocycles. The van der Waals surface area contributed by atoms with E-state index in [0.717, 1.165) is 27.8 Å². The van der Waals surface area contributed by atoms with Crippen LogP contribution >= 0.6 is 0 Å². The van der Waals surface area contributed by atoms with E-state index in [9.17, 15) is 9.59 Å². The summed E-state index contributed by atoms with van der Waals surface area (Å²) in [5.41, 5.74) is 3.94. The SMILES string of the molecule is COc1ccc(CNc2ccc3ccc4ncc(-c5ccc(C(=O)O)cc5)cc4c(=O)c3c2)c(OC)c1. The maximum atomic E-state index is 13.6. The Hall–Kier alpha value is -4.91. The average Bonchev–Trinajstić information content (AvgIpc) is 3.07. The fourth-order valence-corrected chi connectivity index (χ4v) is 4.27. The van der Waals surface area contributed by atoms with E-state index in [1.165, 1.54) is 12.1 Å². The Morgan fingerprint density at radius 1 is 0.865 bits per heavy atom. The zero-order chi connectivity index (χ0) is 25.9. The summed E-state index contributed by atoms with van der Waals surface area (Å²) in [6.45, 7) is 0.505. The molecule has 0 aliphatic carbocycles. The first kappa shape index (κ1) is 23.8. The fourth-order valence-electron chi connectivity index (χ4n) is 4.27. The molecule has 5 rings (SSSR count). The standard InChI is InChI=1S/C30H24N2O5/c1-36-24-11-8-21(28(15-24)37-2)16-31-23-10-7-19-9-12-27-26(29(33)25(19)14-23)13-22(17-32-27)18-3-5-20(6-4-18)30(34)35/h3-15,17,31H,16H2,1-2H3,(H,34,35). The Bertz CT molecular complexity index is 1700. The molecule has 5 aromatic rings. The molecule has 2 N–H and O–H groups in total. The molecule has 1 aromatic heterocycles. The fraction of sp³-hybridized carbons (Fsp3) is 0.100. The Morgan fingerprint density at radius 2 is 1.65 bits per heavy atom. The van der Waals surface area contributed by atoms with Crippen molar-refractivity contribution in [1.82, 2.24) is 4.98 Å². The van der Waals surface area contributed by atoms with Crippen LogP contribution in [0.1, 0.15) is 15.9 Å². The molecule has 0 saturated heterocycles. The van der Waals surface area contributed by atoms with Crippen molar-refractivity contribution in [3.05, 3.63) is 106 Å². The van der Waals surface area contributed by atoms with Crippen LogP contribution < -0.4 is 20.2 Å². The number of pyridine rings is 1. The first-order chi connectivity index (χ1) is 18.0. The van der Waals surface area contributed by atoms with Crippen LogP contribution in [0.2, 0.25) is 0 Å². The molecule has 0 aliphatic heterocycles. The zero-order valence-electron chi connectivity index (χ0n) is 20.3. The highest BCUT2D eigenvalue weighted by atomic mass is 16.5. The number of methoxy groups -OCH3 is 2. The van der Waals surface area contributed by atoms with Gasteiger partial charge < -0.3 is 19.9 Å². The maximum Gasteiger partial charge on any atom is 0.335 e. The van der Waals surface area contributed by atoms with Gasteiger partial charge >= 0.3 is 5.97 Å². The van der Waals surface area contributed by atoms with Crippen molar-refractivity contribution in [1.29, 1.82) is 0 Å². The third-order valence-electron chi connectivity index (χ3n) is 6.32. The largest absolute Gasteiger partial charge is 0.497 e. The number of hydrogen-bond donors (Lipinski definition) is 2. The molecule has 0 radical (unpaired) electrons. The van der Waals surface area contributed by atoms with Crippen molar-refractivity contribution in [2.45, 2.75) is 6.54 Å². The number of nitrogens with one attached hydrogen (secondary N) is 1. The molecule has 0 saturated carbocycles. The van der Waals surface area contributed by atoms with Gasteiger partial charge in [0.05, 0.1) is 25.3 Å². The van der Waals surface area contributed by atoms with Crippen molar-refractivity contribution in [3.8, 4) is 22.6 Å². The van der Waals surface area contributed by atoms with Gasteiger partial charge in [0, 0.05) is 46.4 Å². The Balaban J connectivity index is 1.52. The lowest BCUT2D eigenvalue weighted by Gasteiger charge is -2.12. The van der Waals surface area contributed by atoms with Gasteiger partial charge in [-0.15, -0.1) is 0 Å². The minimum atomic E-state index is -0.988. The van der Waals surface area contributed by atoms with Crippen molar-refractivity contribution < 1.29 is 19.4 Å². The highest BCUT2D eigenvalue weighted by Crippen LogP contribution is 2.27. The van der Waals surface area contributed by atoms with E-state index < -0.39 is 5.97 Å². The van der Waals surface area contributed by atoms with Crippen LogP contribution in [0.25, 0.3) is 32.8 Å². The molecule has 7 nitrogen and oxygen atoms in total. The van der Waals surface area contributed by atoms with Gasteiger partial charge in [0.15, 0.2) is 5.43 Å². The Kier molecular flexibility index (Phi) is 6.43. The van der Waals surface area contributed by atoms with Crippen molar-refractivity contribution in [3.63, 3.8) is 0 Å². The molecule has 0 fully saturated rings. The predicted molar refractivity (Wildman–Crippen MR) is 145 cm³/mol. The van der Waals surface area contributed by atoms with E-state index in [-0.39, 0.29) is 11.0 Å². The van der Waals surface area contributed by atoms with Crippen LogP contribution in [0.5, 0.6) is 11.5 Å². The monoisotopic (exact) mass is 492 g/mol. The molecule has 0 amide bonds. The maximum absolute atomic E-state index is 13.6. The van der Waals surface area contributed by atoms with Crippen molar-refractivity contribution >= 4 is 33.3 Å². The van der Waals surface area contributed by atoms with E-state index in [1.807, 2.05) is 54.6 Å². The van der Waals surface area contributed by atoms with Crippen LogP contribution in [0, 0.1) is 0 Å². The number of carbonyl (C=O) groups is 1. The molecule has 184 valence electrons. The van der Waals surface area contributed by atoms with Crippen LogP contribution in [0.15, 0.2) is 89.9 Å². The Labute approximate surface area is 212 Å². The second-order valence-electron chi connectivity index (χ2n) is 8.54. The predicted octanol–water partition coefficient (Wildman–Crippen LogP) is 5.74. The molecule has 0 spiro atoms. The van der Waals surface area contributed by atoms with Crippen molar-refractivity contribution in [2.24, 2.45) is 0 Å². The van der Waals surface area contributed by atoms with E-state index >= 15 is 0 Å². The summed E-state index contributed by atoms with van der Waals surface area (Å²) in [5.74, 6) is 0.440.